The Morgan fingerprint density at radius 1 is 0.921 bits per heavy atom. The summed E-state index contributed by atoms with van der Waals surface area (Å²) in [5.74, 6) is -0.284. The number of carbonyl (C=O) groups is 3. The summed E-state index contributed by atoms with van der Waals surface area (Å²) in [7, 11) is 0. The molecule has 2 aromatic rings. The largest absolute Gasteiger partial charge is 0.482 e. The van der Waals surface area contributed by atoms with Gasteiger partial charge in [0.15, 0.2) is 18.2 Å². The summed E-state index contributed by atoms with van der Waals surface area (Å²) in [6.45, 7) is 8.20. The van der Waals surface area contributed by atoms with Crippen molar-refractivity contribution in [2.45, 2.75) is 59.3 Å². The third-order valence-electron chi connectivity index (χ3n) is 7.42. The first-order valence-electron chi connectivity index (χ1n) is 13.0. The normalized spacial score (nSPS) is 20.4. The van der Waals surface area contributed by atoms with Crippen LogP contribution in [-0.4, -0.2) is 24.1 Å². The molecule has 5 rings (SSSR count). The van der Waals surface area contributed by atoms with Gasteiger partial charge in [-0.2, -0.15) is 0 Å². The molecule has 0 radical (unpaired) electrons. The van der Waals surface area contributed by atoms with E-state index in [-0.39, 0.29) is 34.9 Å². The average molecular weight is 533 g/mol. The lowest BCUT2D eigenvalue weighted by Crippen LogP contribution is -2.42. The van der Waals surface area contributed by atoms with Crippen LogP contribution in [0.15, 0.2) is 71.1 Å². The van der Waals surface area contributed by atoms with Gasteiger partial charge in [0.1, 0.15) is 5.75 Å². The number of para-hydroxylation sites is 1. The predicted molar refractivity (Wildman–Crippen MR) is 148 cm³/mol. The number of nitrogens with one attached hydrogen (secondary N) is 2. The van der Waals surface area contributed by atoms with Crippen molar-refractivity contribution >= 4 is 34.8 Å². The second-order valence-electron chi connectivity index (χ2n) is 12.1. The number of halogens is 1. The molecule has 0 atom stereocenters. The van der Waals surface area contributed by atoms with Crippen molar-refractivity contribution in [3.05, 3.63) is 81.7 Å². The summed E-state index contributed by atoms with van der Waals surface area (Å²) in [6, 6.07) is 14.5. The Balaban J connectivity index is 1.45. The lowest BCUT2D eigenvalue weighted by molar-refractivity contribution is -0.119. The molecule has 6 nitrogen and oxygen atoms in total. The Morgan fingerprint density at radius 2 is 1.50 bits per heavy atom. The molecule has 0 fully saturated rings. The van der Waals surface area contributed by atoms with E-state index in [1.54, 1.807) is 24.3 Å². The molecule has 3 aliphatic rings. The number of hydrogen-bond acceptors (Lipinski definition) is 5. The Bertz CT molecular complexity index is 1340. The van der Waals surface area contributed by atoms with Gasteiger partial charge in [0.2, 0.25) is 0 Å². The Morgan fingerprint density at radius 3 is 2.05 bits per heavy atom. The SMILES string of the molecule is CC1(C)CC(=O)C2=C(C1)NC1=C(C(=O)CC(C)(C)C1)C2c1ccc(OCC(=O)Nc2ccccc2)c(Cl)c1. The molecular weight excluding hydrogens is 500 g/mol. The van der Waals surface area contributed by atoms with E-state index in [9.17, 15) is 14.4 Å². The van der Waals surface area contributed by atoms with Gasteiger partial charge in [-0.05, 0) is 53.5 Å². The number of rotatable bonds is 5. The number of dihydropyridines is 1. The number of Topliss-reactive ketones (excluding diaryl/α,β-unsaturated/α-hetero) is 2. The van der Waals surface area contributed by atoms with Crippen molar-refractivity contribution in [3.8, 4) is 5.75 Å². The van der Waals surface area contributed by atoms with Gasteiger partial charge < -0.3 is 15.4 Å². The standard InChI is InChI=1S/C31H33ClN2O4/c1-30(2)13-21-28(23(35)15-30)27(29-22(34-21)14-31(3,4)16-24(29)36)18-10-11-25(20(32)12-18)38-17-26(37)33-19-8-6-5-7-9-19/h5-12,27,34H,13-17H2,1-4H3,(H,33,37). The monoisotopic (exact) mass is 532 g/mol. The van der Waals surface area contributed by atoms with E-state index >= 15 is 0 Å². The maximum absolute atomic E-state index is 13.5. The quantitative estimate of drug-likeness (QED) is 0.470. The van der Waals surface area contributed by atoms with E-state index in [1.165, 1.54) is 0 Å². The molecule has 0 aromatic heterocycles. The maximum atomic E-state index is 13.5. The summed E-state index contributed by atoms with van der Waals surface area (Å²) in [5.41, 5.74) is 4.31. The molecule has 2 aliphatic carbocycles. The fourth-order valence-corrected chi connectivity index (χ4v) is 6.14. The van der Waals surface area contributed by atoms with Gasteiger partial charge in [0, 0.05) is 47.0 Å². The number of amides is 1. The molecule has 0 bridgehead atoms. The van der Waals surface area contributed by atoms with Gasteiger partial charge in [-0.1, -0.05) is 63.6 Å². The van der Waals surface area contributed by atoms with Crippen molar-refractivity contribution in [1.82, 2.24) is 5.32 Å². The molecule has 0 saturated heterocycles. The van der Waals surface area contributed by atoms with Crippen LogP contribution in [0.2, 0.25) is 5.02 Å². The van der Waals surface area contributed by atoms with Gasteiger partial charge >= 0.3 is 0 Å². The van der Waals surface area contributed by atoms with Crippen molar-refractivity contribution < 1.29 is 19.1 Å². The van der Waals surface area contributed by atoms with Crippen LogP contribution in [0, 0.1) is 10.8 Å². The zero-order valence-corrected chi connectivity index (χ0v) is 23.0. The zero-order valence-electron chi connectivity index (χ0n) is 22.2. The van der Waals surface area contributed by atoms with Crippen molar-refractivity contribution in [3.63, 3.8) is 0 Å². The van der Waals surface area contributed by atoms with Gasteiger partial charge in [0.25, 0.3) is 5.91 Å². The number of hydrogen-bond donors (Lipinski definition) is 2. The lowest BCUT2D eigenvalue weighted by atomic mass is 9.64. The summed E-state index contributed by atoms with van der Waals surface area (Å²) in [5, 5.41) is 6.63. The Labute approximate surface area is 228 Å². The summed E-state index contributed by atoms with van der Waals surface area (Å²) in [4.78, 5) is 39.3. The third-order valence-corrected chi connectivity index (χ3v) is 7.72. The lowest BCUT2D eigenvalue weighted by Gasteiger charge is -2.44. The Hall–Kier alpha value is -3.38. The van der Waals surface area contributed by atoms with E-state index in [1.807, 2.05) is 24.3 Å². The fraction of sp³-hybridized carbons (Fsp3) is 0.387. The van der Waals surface area contributed by atoms with Crippen LogP contribution in [0.1, 0.15) is 64.9 Å². The molecule has 0 spiro atoms. The second-order valence-corrected chi connectivity index (χ2v) is 12.5. The first kappa shape index (κ1) is 26.2. The van der Waals surface area contributed by atoms with E-state index < -0.39 is 5.92 Å². The third kappa shape index (κ3) is 5.28. The van der Waals surface area contributed by atoms with Crippen molar-refractivity contribution in [2.24, 2.45) is 10.8 Å². The van der Waals surface area contributed by atoms with Crippen molar-refractivity contribution in [2.75, 3.05) is 11.9 Å². The molecule has 2 aromatic carbocycles. The first-order valence-corrected chi connectivity index (χ1v) is 13.4. The number of anilines is 1. The molecule has 1 aliphatic heterocycles. The van der Waals surface area contributed by atoms with Gasteiger partial charge in [-0.15, -0.1) is 0 Å². The average Bonchev–Trinajstić information content (AvgIpc) is 2.81. The number of allylic oxidation sites excluding steroid dienone is 4. The smallest absolute Gasteiger partial charge is 0.262 e. The number of carbonyl (C=O) groups excluding carboxylic acids is 3. The summed E-state index contributed by atoms with van der Waals surface area (Å²) in [6.07, 6.45) is 2.33. The van der Waals surface area contributed by atoms with Gasteiger partial charge in [0.05, 0.1) is 5.02 Å². The van der Waals surface area contributed by atoms with Crippen LogP contribution in [0.3, 0.4) is 0 Å². The number of benzene rings is 2. The van der Waals surface area contributed by atoms with E-state index in [0.717, 1.165) is 29.8 Å². The molecule has 38 heavy (non-hydrogen) atoms. The van der Waals surface area contributed by atoms with Crippen LogP contribution < -0.4 is 15.4 Å². The van der Waals surface area contributed by atoms with Crippen molar-refractivity contribution in [1.29, 1.82) is 0 Å². The zero-order chi connectivity index (χ0) is 27.2. The highest BCUT2D eigenvalue weighted by Crippen LogP contribution is 2.51. The topological polar surface area (TPSA) is 84.5 Å². The van der Waals surface area contributed by atoms with E-state index in [4.69, 9.17) is 16.3 Å². The molecule has 1 heterocycles. The minimum absolute atomic E-state index is 0.0620. The molecule has 0 unspecified atom stereocenters. The Kier molecular flexibility index (Phi) is 6.72. The molecule has 0 saturated carbocycles. The van der Waals surface area contributed by atoms with E-state index in [2.05, 4.69) is 38.3 Å². The molecule has 7 heteroatoms. The predicted octanol–water partition coefficient (Wildman–Crippen LogP) is 6.33. The van der Waals surface area contributed by atoms with Crippen LogP contribution in [0.25, 0.3) is 0 Å². The van der Waals surface area contributed by atoms with Crippen LogP contribution >= 0.6 is 11.6 Å². The van der Waals surface area contributed by atoms with Crippen LogP contribution in [0.5, 0.6) is 5.75 Å². The van der Waals surface area contributed by atoms with Gasteiger partial charge in [-0.25, -0.2) is 0 Å². The van der Waals surface area contributed by atoms with Gasteiger partial charge in [-0.3, -0.25) is 14.4 Å². The van der Waals surface area contributed by atoms with Crippen LogP contribution in [-0.2, 0) is 14.4 Å². The number of ether oxygens (including phenoxy) is 1. The fourth-order valence-electron chi connectivity index (χ4n) is 5.90. The minimum Gasteiger partial charge on any atom is -0.482 e. The van der Waals surface area contributed by atoms with Crippen LogP contribution in [0.4, 0.5) is 5.69 Å². The number of ketones is 2. The minimum atomic E-state index is -0.471. The molecular formula is C31H33ClN2O4. The molecule has 198 valence electrons. The highest BCUT2D eigenvalue weighted by Gasteiger charge is 2.46. The maximum Gasteiger partial charge on any atom is 0.262 e. The summed E-state index contributed by atoms with van der Waals surface area (Å²) >= 11 is 6.63. The highest BCUT2D eigenvalue weighted by atomic mass is 35.5. The van der Waals surface area contributed by atoms with E-state index in [0.29, 0.717) is 40.4 Å². The first-order chi connectivity index (χ1) is 17.9. The molecule has 2 N–H and O–H groups in total. The molecule has 1 amide bonds. The second kappa shape index (κ2) is 9.73. The summed E-state index contributed by atoms with van der Waals surface area (Å²) < 4.78 is 5.71. The highest BCUT2D eigenvalue weighted by molar-refractivity contribution is 6.32.